The Morgan fingerprint density at radius 2 is 2.13 bits per heavy atom. The highest BCUT2D eigenvalue weighted by atomic mass is 35.5. The summed E-state index contributed by atoms with van der Waals surface area (Å²) in [6, 6.07) is 12.1. The standard InChI is InChI=1S/C23H25ClN4O3/c1-2-30-16-5-7-19-18(14-16)25-23(20-4-3-11-28(19)20)9-12-27(13-10-23)22(29)8-6-17-15-21(24)26-31-17/h3-5,7,11,14-15,25H,2,6,8-10,12-13H2,1H3. The number of amides is 1. The monoisotopic (exact) mass is 440 g/mol. The fraction of sp³-hybridized carbons (Fsp3) is 0.391. The molecule has 7 nitrogen and oxygen atoms in total. The van der Waals surface area contributed by atoms with Crippen molar-refractivity contribution >= 4 is 23.2 Å². The second-order valence-corrected chi connectivity index (χ2v) is 8.47. The number of aromatic nitrogens is 2. The Morgan fingerprint density at radius 1 is 1.29 bits per heavy atom. The number of nitrogens with zero attached hydrogens (tertiary/aromatic N) is 3. The molecule has 0 radical (unpaired) electrons. The number of aryl methyl sites for hydroxylation is 1. The van der Waals surface area contributed by atoms with Crippen LogP contribution in [0.2, 0.25) is 5.15 Å². The van der Waals surface area contributed by atoms with Crippen molar-refractivity contribution in [3.63, 3.8) is 0 Å². The minimum absolute atomic E-state index is 0.132. The Morgan fingerprint density at radius 3 is 2.87 bits per heavy atom. The van der Waals surface area contributed by atoms with Gasteiger partial charge in [0.25, 0.3) is 0 Å². The molecule has 31 heavy (non-hydrogen) atoms. The van der Waals surface area contributed by atoms with Gasteiger partial charge >= 0.3 is 0 Å². The summed E-state index contributed by atoms with van der Waals surface area (Å²) in [5.74, 6) is 1.63. The molecule has 2 aliphatic heterocycles. The maximum Gasteiger partial charge on any atom is 0.223 e. The predicted molar refractivity (Wildman–Crippen MR) is 118 cm³/mol. The van der Waals surface area contributed by atoms with Crippen LogP contribution in [0.15, 0.2) is 47.1 Å². The van der Waals surface area contributed by atoms with Gasteiger partial charge in [-0.1, -0.05) is 16.8 Å². The number of carbonyl (C=O) groups excluding carboxylic acids is 1. The fourth-order valence-electron chi connectivity index (χ4n) is 4.70. The third-order valence-corrected chi connectivity index (χ3v) is 6.41. The molecule has 1 amide bonds. The lowest BCUT2D eigenvalue weighted by Gasteiger charge is -2.46. The molecule has 2 aliphatic rings. The maximum atomic E-state index is 12.7. The molecule has 0 unspecified atom stereocenters. The van der Waals surface area contributed by atoms with Crippen LogP contribution in [0.1, 0.15) is 37.6 Å². The Kier molecular flexibility index (Phi) is 5.14. The van der Waals surface area contributed by atoms with E-state index >= 15 is 0 Å². The molecule has 1 fully saturated rings. The number of benzene rings is 1. The highest BCUT2D eigenvalue weighted by Crippen LogP contribution is 2.44. The summed E-state index contributed by atoms with van der Waals surface area (Å²) in [5, 5.41) is 7.78. The lowest BCUT2D eigenvalue weighted by molar-refractivity contribution is -0.132. The highest BCUT2D eigenvalue weighted by Gasteiger charge is 2.42. The average molecular weight is 441 g/mol. The number of fused-ring (bicyclic) bond motifs is 4. The minimum Gasteiger partial charge on any atom is -0.494 e. The number of hydrogen-bond acceptors (Lipinski definition) is 5. The minimum atomic E-state index is -0.198. The number of hydrogen-bond donors (Lipinski definition) is 1. The lowest BCUT2D eigenvalue weighted by atomic mass is 9.82. The van der Waals surface area contributed by atoms with Gasteiger partial charge in [0.15, 0.2) is 5.15 Å². The van der Waals surface area contributed by atoms with Crippen LogP contribution in [0.4, 0.5) is 5.69 Å². The second kappa shape index (κ2) is 7.96. The predicted octanol–water partition coefficient (Wildman–Crippen LogP) is 4.39. The van der Waals surface area contributed by atoms with Crippen LogP contribution in [0, 0.1) is 0 Å². The van der Waals surface area contributed by atoms with Gasteiger partial charge in [0, 0.05) is 50.0 Å². The third-order valence-electron chi connectivity index (χ3n) is 6.24. The van der Waals surface area contributed by atoms with Gasteiger partial charge in [-0.3, -0.25) is 4.79 Å². The molecule has 3 aromatic rings. The summed E-state index contributed by atoms with van der Waals surface area (Å²) < 4.78 is 13.1. The molecule has 0 saturated carbocycles. The van der Waals surface area contributed by atoms with E-state index in [1.54, 1.807) is 6.07 Å². The van der Waals surface area contributed by atoms with E-state index in [-0.39, 0.29) is 11.4 Å². The molecule has 0 bridgehead atoms. The molecule has 162 valence electrons. The van der Waals surface area contributed by atoms with Crippen molar-refractivity contribution < 1.29 is 14.1 Å². The largest absolute Gasteiger partial charge is 0.494 e. The van der Waals surface area contributed by atoms with E-state index in [1.807, 2.05) is 17.9 Å². The molecule has 1 saturated heterocycles. The quantitative estimate of drug-likeness (QED) is 0.636. The van der Waals surface area contributed by atoms with Gasteiger partial charge in [-0.25, -0.2) is 0 Å². The summed E-state index contributed by atoms with van der Waals surface area (Å²) >= 11 is 5.79. The molecule has 1 N–H and O–H groups in total. The van der Waals surface area contributed by atoms with Crippen LogP contribution in [0.5, 0.6) is 5.75 Å². The zero-order valence-electron chi connectivity index (χ0n) is 17.4. The smallest absolute Gasteiger partial charge is 0.223 e. The molecule has 0 atom stereocenters. The van der Waals surface area contributed by atoms with Crippen LogP contribution in [0.25, 0.3) is 5.69 Å². The number of likely N-dealkylation sites (tertiary alicyclic amines) is 1. The molecular weight excluding hydrogens is 416 g/mol. The van der Waals surface area contributed by atoms with Gasteiger partial charge in [0.05, 0.1) is 23.5 Å². The Balaban J connectivity index is 1.30. The Labute approximate surface area is 185 Å². The Hall–Kier alpha value is -2.93. The average Bonchev–Trinajstić information content (AvgIpc) is 3.43. The van der Waals surface area contributed by atoms with Crippen LogP contribution in [-0.4, -0.2) is 40.2 Å². The first-order valence-corrected chi connectivity index (χ1v) is 11.1. The van der Waals surface area contributed by atoms with Crippen molar-refractivity contribution in [2.75, 3.05) is 25.0 Å². The van der Waals surface area contributed by atoms with E-state index in [0.29, 0.717) is 43.5 Å². The summed E-state index contributed by atoms with van der Waals surface area (Å²) in [5.41, 5.74) is 3.24. The van der Waals surface area contributed by atoms with Crippen molar-refractivity contribution in [2.45, 2.75) is 38.1 Å². The first kappa shape index (κ1) is 20.0. The van der Waals surface area contributed by atoms with Gasteiger partial charge in [0.2, 0.25) is 5.91 Å². The number of anilines is 1. The molecule has 0 aliphatic carbocycles. The Bertz CT molecular complexity index is 1100. The third kappa shape index (κ3) is 3.67. The first-order valence-electron chi connectivity index (χ1n) is 10.7. The zero-order chi connectivity index (χ0) is 21.4. The number of halogens is 1. The molecule has 1 spiro atoms. The number of piperidine rings is 1. The summed E-state index contributed by atoms with van der Waals surface area (Å²) in [7, 11) is 0. The van der Waals surface area contributed by atoms with E-state index in [4.69, 9.17) is 20.9 Å². The van der Waals surface area contributed by atoms with Crippen molar-refractivity contribution in [1.29, 1.82) is 0 Å². The van der Waals surface area contributed by atoms with Crippen molar-refractivity contribution in [2.24, 2.45) is 0 Å². The first-order chi connectivity index (χ1) is 15.1. The topological polar surface area (TPSA) is 72.5 Å². The van der Waals surface area contributed by atoms with Crippen molar-refractivity contribution in [3.05, 3.63) is 59.2 Å². The number of carbonyl (C=O) groups is 1. The second-order valence-electron chi connectivity index (χ2n) is 8.08. The summed E-state index contributed by atoms with van der Waals surface area (Å²) in [6.45, 7) is 4.03. The molecule has 1 aromatic carbocycles. The van der Waals surface area contributed by atoms with E-state index in [1.165, 1.54) is 5.69 Å². The SMILES string of the molecule is CCOc1ccc2c(c1)NC1(CCN(C(=O)CCc3cc(Cl)no3)CC1)c1cccn1-2. The maximum absolute atomic E-state index is 12.7. The van der Waals surface area contributed by atoms with Gasteiger partial charge in [-0.2, -0.15) is 0 Å². The van der Waals surface area contributed by atoms with Crippen LogP contribution >= 0.6 is 11.6 Å². The molecule has 5 rings (SSSR count). The summed E-state index contributed by atoms with van der Waals surface area (Å²) in [6.07, 6.45) is 4.69. The number of ether oxygens (including phenoxy) is 1. The normalized spacial score (nSPS) is 16.5. The number of rotatable bonds is 5. The molecule has 2 aromatic heterocycles. The van der Waals surface area contributed by atoms with Crippen molar-refractivity contribution in [3.8, 4) is 11.4 Å². The van der Waals surface area contributed by atoms with Gasteiger partial charge in [-0.05, 0) is 44.0 Å². The molecule has 4 heterocycles. The van der Waals surface area contributed by atoms with Crippen molar-refractivity contribution in [1.82, 2.24) is 14.6 Å². The van der Waals surface area contributed by atoms with Crippen LogP contribution < -0.4 is 10.1 Å². The van der Waals surface area contributed by atoms with E-state index < -0.39 is 0 Å². The number of nitrogens with one attached hydrogen (secondary N) is 1. The highest BCUT2D eigenvalue weighted by molar-refractivity contribution is 6.29. The van der Waals surface area contributed by atoms with Crippen LogP contribution in [-0.2, 0) is 16.8 Å². The van der Waals surface area contributed by atoms with E-state index in [2.05, 4.69) is 45.5 Å². The van der Waals surface area contributed by atoms with E-state index in [0.717, 1.165) is 30.0 Å². The fourth-order valence-corrected chi connectivity index (χ4v) is 4.85. The summed E-state index contributed by atoms with van der Waals surface area (Å²) in [4.78, 5) is 14.7. The van der Waals surface area contributed by atoms with Crippen LogP contribution in [0.3, 0.4) is 0 Å². The van der Waals surface area contributed by atoms with Gasteiger partial charge in [-0.15, -0.1) is 0 Å². The van der Waals surface area contributed by atoms with Gasteiger partial charge in [0.1, 0.15) is 11.5 Å². The molecular formula is C23H25ClN4O3. The van der Waals surface area contributed by atoms with Gasteiger partial charge < -0.3 is 24.0 Å². The lowest BCUT2D eigenvalue weighted by Crippen LogP contribution is -2.51. The van der Waals surface area contributed by atoms with E-state index in [9.17, 15) is 4.79 Å². The zero-order valence-corrected chi connectivity index (χ0v) is 18.2. The molecule has 8 heteroatoms.